The van der Waals surface area contributed by atoms with Crippen LogP contribution in [-0.2, 0) is 13.0 Å². The molecule has 3 aromatic carbocycles. The summed E-state index contributed by atoms with van der Waals surface area (Å²) in [5, 5.41) is 2.75. The highest BCUT2D eigenvalue weighted by molar-refractivity contribution is 9.10. The maximum Gasteiger partial charge on any atom is 0.417 e. The average molecular weight is 437 g/mol. The van der Waals surface area contributed by atoms with E-state index in [4.69, 9.17) is 4.74 Å². The first kappa shape index (κ1) is 18.6. The molecule has 4 nitrogen and oxygen atoms in total. The minimum Gasteiger partial charge on any atom is -0.410 e. The summed E-state index contributed by atoms with van der Waals surface area (Å²) in [6.07, 6.45) is 1.59. The van der Waals surface area contributed by atoms with E-state index in [-0.39, 0.29) is 0 Å². The van der Waals surface area contributed by atoms with Crippen LogP contribution in [0.15, 0.2) is 77.3 Å². The zero-order chi connectivity index (χ0) is 19.3. The maximum atomic E-state index is 12.2. The first-order valence-corrected chi connectivity index (χ1v) is 10.1. The van der Waals surface area contributed by atoms with Gasteiger partial charge in [0.1, 0.15) is 5.75 Å². The molecule has 1 heterocycles. The van der Waals surface area contributed by atoms with Gasteiger partial charge in [-0.25, -0.2) is 4.79 Å². The molecule has 28 heavy (non-hydrogen) atoms. The second-order valence-electron chi connectivity index (χ2n) is 6.83. The average Bonchev–Trinajstić information content (AvgIpc) is 2.69. The summed E-state index contributed by atoms with van der Waals surface area (Å²) in [6.45, 7) is 1.92. The van der Waals surface area contributed by atoms with Crippen LogP contribution in [0.2, 0.25) is 0 Å². The van der Waals surface area contributed by atoms with E-state index in [0.717, 1.165) is 30.4 Å². The number of anilines is 2. The van der Waals surface area contributed by atoms with Gasteiger partial charge in [0.05, 0.1) is 0 Å². The van der Waals surface area contributed by atoms with Crippen LogP contribution in [0, 0.1) is 0 Å². The zero-order valence-electron chi connectivity index (χ0n) is 15.4. The summed E-state index contributed by atoms with van der Waals surface area (Å²) in [5.74, 6) is 0.563. The second-order valence-corrected chi connectivity index (χ2v) is 7.74. The van der Waals surface area contributed by atoms with Gasteiger partial charge in [-0.15, -0.1) is 0 Å². The van der Waals surface area contributed by atoms with E-state index in [2.05, 4.69) is 56.5 Å². The van der Waals surface area contributed by atoms with Gasteiger partial charge in [0, 0.05) is 28.9 Å². The molecule has 5 heteroatoms. The summed E-state index contributed by atoms with van der Waals surface area (Å²) in [5.41, 5.74) is 4.42. The van der Waals surface area contributed by atoms with Crippen molar-refractivity contribution in [3.8, 4) is 5.75 Å². The Kier molecular flexibility index (Phi) is 5.63. The van der Waals surface area contributed by atoms with Crippen molar-refractivity contribution in [2.45, 2.75) is 19.4 Å². The van der Waals surface area contributed by atoms with Gasteiger partial charge < -0.3 is 9.64 Å². The summed E-state index contributed by atoms with van der Waals surface area (Å²) in [4.78, 5) is 14.6. The summed E-state index contributed by atoms with van der Waals surface area (Å²) < 4.78 is 6.39. The Balaban J connectivity index is 1.45. The van der Waals surface area contributed by atoms with Gasteiger partial charge in [-0.2, -0.15) is 0 Å². The van der Waals surface area contributed by atoms with E-state index in [1.54, 1.807) is 0 Å². The molecular weight excluding hydrogens is 416 g/mol. The lowest BCUT2D eigenvalue weighted by atomic mass is 10.0. The standard InChI is InChI=1S/C23H21BrN2O2/c24-19-9-4-10-20(15-19)25-23(27)28-21-11-12-22-18(14-21)8-5-13-26(22)16-17-6-2-1-3-7-17/h1-4,6-7,9-12,14-15H,5,8,13,16H2,(H,25,27). The van der Waals surface area contributed by atoms with Gasteiger partial charge in [0.25, 0.3) is 0 Å². The number of carbonyl (C=O) groups excluding carboxylic acids is 1. The smallest absolute Gasteiger partial charge is 0.410 e. The number of nitrogens with one attached hydrogen (secondary N) is 1. The Hall–Kier alpha value is -2.79. The van der Waals surface area contributed by atoms with E-state index in [1.807, 2.05) is 42.5 Å². The third-order valence-corrected chi connectivity index (χ3v) is 5.26. The molecule has 0 aromatic heterocycles. The molecule has 1 aliphatic heterocycles. The van der Waals surface area contributed by atoms with Gasteiger partial charge in [-0.05, 0) is 60.4 Å². The van der Waals surface area contributed by atoms with E-state index in [1.165, 1.54) is 16.8 Å². The van der Waals surface area contributed by atoms with Gasteiger partial charge in [0.2, 0.25) is 0 Å². The summed E-state index contributed by atoms with van der Waals surface area (Å²) in [6, 6.07) is 23.8. The fourth-order valence-electron chi connectivity index (χ4n) is 3.50. The summed E-state index contributed by atoms with van der Waals surface area (Å²) >= 11 is 3.39. The fourth-order valence-corrected chi connectivity index (χ4v) is 3.90. The largest absolute Gasteiger partial charge is 0.417 e. The molecule has 1 amide bonds. The molecule has 4 rings (SSSR count). The van der Waals surface area contributed by atoms with Crippen LogP contribution in [0.25, 0.3) is 0 Å². The molecule has 0 unspecified atom stereocenters. The monoisotopic (exact) mass is 436 g/mol. The minimum atomic E-state index is -0.491. The van der Waals surface area contributed by atoms with Gasteiger partial charge in [-0.3, -0.25) is 5.32 Å². The van der Waals surface area contributed by atoms with Crippen LogP contribution in [-0.4, -0.2) is 12.6 Å². The Morgan fingerprint density at radius 3 is 2.71 bits per heavy atom. The molecule has 0 saturated carbocycles. The molecule has 0 aliphatic carbocycles. The molecule has 1 N–H and O–H groups in total. The van der Waals surface area contributed by atoms with Crippen molar-refractivity contribution in [2.24, 2.45) is 0 Å². The Bertz CT molecular complexity index is 975. The Morgan fingerprint density at radius 2 is 1.89 bits per heavy atom. The topological polar surface area (TPSA) is 41.6 Å². The molecule has 0 radical (unpaired) electrons. The molecular formula is C23H21BrN2O2. The molecule has 3 aromatic rings. The van der Waals surface area contributed by atoms with Crippen molar-refractivity contribution < 1.29 is 9.53 Å². The highest BCUT2D eigenvalue weighted by Crippen LogP contribution is 2.31. The molecule has 0 bridgehead atoms. The molecule has 0 fully saturated rings. The maximum absolute atomic E-state index is 12.2. The van der Waals surface area contributed by atoms with Gasteiger partial charge in [-0.1, -0.05) is 52.3 Å². The number of hydrogen-bond donors (Lipinski definition) is 1. The Labute approximate surface area is 173 Å². The number of aryl methyl sites for hydroxylation is 1. The first-order valence-electron chi connectivity index (χ1n) is 9.33. The quantitative estimate of drug-likeness (QED) is 0.543. The normalized spacial score (nSPS) is 13.0. The van der Waals surface area contributed by atoms with Crippen LogP contribution < -0.4 is 15.0 Å². The molecule has 0 atom stereocenters. The zero-order valence-corrected chi connectivity index (χ0v) is 17.0. The lowest BCUT2D eigenvalue weighted by Gasteiger charge is -2.31. The van der Waals surface area contributed by atoms with E-state index < -0.39 is 6.09 Å². The number of benzene rings is 3. The van der Waals surface area contributed by atoms with Crippen LogP contribution in [0.3, 0.4) is 0 Å². The molecule has 0 saturated heterocycles. The molecule has 1 aliphatic rings. The number of hydrogen-bond acceptors (Lipinski definition) is 3. The summed E-state index contributed by atoms with van der Waals surface area (Å²) in [7, 11) is 0. The van der Waals surface area contributed by atoms with Crippen molar-refractivity contribution in [3.05, 3.63) is 88.4 Å². The van der Waals surface area contributed by atoms with Crippen molar-refractivity contribution in [3.63, 3.8) is 0 Å². The lowest BCUT2D eigenvalue weighted by Crippen LogP contribution is -2.28. The minimum absolute atomic E-state index is 0.491. The van der Waals surface area contributed by atoms with Gasteiger partial charge >= 0.3 is 6.09 Å². The van der Waals surface area contributed by atoms with Crippen molar-refractivity contribution >= 4 is 33.4 Å². The second kappa shape index (κ2) is 8.48. The number of rotatable bonds is 4. The number of halogens is 1. The third kappa shape index (κ3) is 4.54. The first-order chi connectivity index (χ1) is 13.7. The highest BCUT2D eigenvalue weighted by atomic mass is 79.9. The number of carbonyl (C=O) groups is 1. The van der Waals surface area contributed by atoms with Crippen molar-refractivity contribution in [1.82, 2.24) is 0 Å². The number of amides is 1. The fraction of sp³-hybridized carbons (Fsp3) is 0.174. The van der Waals surface area contributed by atoms with E-state index in [0.29, 0.717) is 11.4 Å². The van der Waals surface area contributed by atoms with Crippen molar-refractivity contribution in [2.75, 3.05) is 16.8 Å². The molecule has 0 spiro atoms. The van der Waals surface area contributed by atoms with E-state index in [9.17, 15) is 4.79 Å². The number of ether oxygens (including phenoxy) is 1. The van der Waals surface area contributed by atoms with Crippen LogP contribution in [0.1, 0.15) is 17.5 Å². The van der Waals surface area contributed by atoms with Crippen LogP contribution in [0.4, 0.5) is 16.2 Å². The third-order valence-electron chi connectivity index (χ3n) is 4.76. The van der Waals surface area contributed by atoms with Crippen LogP contribution >= 0.6 is 15.9 Å². The molecule has 142 valence electrons. The predicted molar refractivity (Wildman–Crippen MR) is 116 cm³/mol. The lowest BCUT2D eigenvalue weighted by molar-refractivity contribution is 0.215. The van der Waals surface area contributed by atoms with E-state index >= 15 is 0 Å². The number of fused-ring (bicyclic) bond motifs is 1. The number of nitrogens with zero attached hydrogens (tertiary/aromatic N) is 1. The predicted octanol–water partition coefficient (Wildman–Crippen LogP) is 6.01. The van der Waals surface area contributed by atoms with Gasteiger partial charge in [0.15, 0.2) is 0 Å². The Morgan fingerprint density at radius 1 is 1.04 bits per heavy atom. The SMILES string of the molecule is O=C(Nc1cccc(Br)c1)Oc1ccc2c(c1)CCCN2Cc1ccccc1. The van der Waals surface area contributed by atoms with Crippen LogP contribution in [0.5, 0.6) is 5.75 Å². The highest BCUT2D eigenvalue weighted by Gasteiger charge is 2.18. The van der Waals surface area contributed by atoms with Crippen molar-refractivity contribution in [1.29, 1.82) is 0 Å².